The van der Waals surface area contributed by atoms with Gasteiger partial charge in [0.15, 0.2) is 5.82 Å². The molecule has 0 saturated carbocycles. The number of nitrogens with zero attached hydrogens (tertiary/aromatic N) is 2. The molecule has 1 saturated heterocycles. The second-order valence-electron chi connectivity index (χ2n) is 8.23. The van der Waals surface area contributed by atoms with E-state index in [0.29, 0.717) is 31.3 Å². The highest BCUT2D eigenvalue weighted by atomic mass is 19.1. The van der Waals surface area contributed by atoms with Crippen LogP contribution in [0, 0.1) is 19.7 Å². The lowest BCUT2D eigenvalue weighted by Crippen LogP contribution is -2.39. The molecule has 172 valence electrons. The van der Waals surface area contributed by atoms with Crippen LogP contribution in [-0.2, 0) is 6.42 Å². The molecular formula is C26H28FN3O3. The lowest BCUT2D eigenvalue weighted by molar-refractivity contribution is 0.207. The zero-order valence-corrected chi connectivity index (χ0v) is 18.9. The van der Waals surface area contributed by atoms with E-state index >= 15 is 0 Å². The van der Waals surface area contributed by atoms with Crippen LogP contribution in [-0.4, -0.2) is 35.8 Å². The van der Waals surface area contributed by atoms with E-state index in [1.54, 1.807) is 17.0 Å². The monoisotopic (exact) mass is 449 g/mol. The maximum atomic E-state index is 13.0. The summed E-state index contributed by atoms with van der Waals surface area (Å²) in [6, 6.07) is 14.3. The van der Waals surface area contributed by atoms with Crippen molar-refractivity contribution in [2.24, 2.45) is 0 Å². The summed E-state index contributed by atoms with van der Waals surface area (Å²) >= 11 is 0. The molecule has 2 heterocycles. The number of nitrogens with one attached hydrogen (secondary N) is 1. The smallest absolute Gasteiger partial charge is 0.323 e. The molecule has 0 unspecified atom stereocenters. The van der Waals surface area contributed by atoms with E-state index in [1.165, 1.54) is 17.7 Å². The second kappa shape index (κ2) is 10.3. The molecule has 3 aromatic rings. The quantitative estimate of drug-likeness (QED) is 0.519. The Hall–Kier alpha value is -3.61. The standard InChI is InChI=1S/C26H28FN3O3/c1-18-19(2)33-29-25(18)28-26(31)30-13-10-21(11-14-30)16-22-4-3-5-24(17-22)32-15-12-20-6-8-23(27)9-7-20/h3-9,16-17H,10-15H2,1-2H3,(H,28,29,31). The molecular weight excluding hydrogens is 421 g/mol. The fraction of sp³-hybridized carbons (Fsp3) is 0.308. The van der Waals surface area contributed by atoms with Crippen LogP contribution in [0.2, 0.25) is 0 Å². The highest BCUT2D eigenvalue weighted by Gasteiger charge is 2.21. The summed E-state index contributed by atoms with van der Waals surface area (Å²) in [5.41, 5.74) is 4.27. The number of piperidine rings is 1. The summed E-state index contributed by atoms with van der Waals surface area (Å²) < 4.78 is 24.0. The Balaban J connectivity index is 1.27. The Morgan fingerprint density at radius 1 is 1.18 bits per heavy atom. The summed E-state index contributed by atoms with van der Waals surface area (Å²) in [6.07, 6.45) is 4.53. The summed E-state index contributed by atoms with van der Waals surface area (Å²) in [7, 11) is 0. The minimum atomic E-state index is -0.230. The summed E-state index contributed by atoms with van der Waals surface area (Å²) in [5, 5.41) is 6.73. The van der Waals surface area contributed by atoms with Crippen molar-refractivity contribution in [1.82, 2.24) is 10.1 Å². The van der Waals surface area contributed by atoms with Gasteiger partial charge in [-0.25, -0.2) is 9.18 Å². The topological polar surface area (TPSA) is 67.6 Å². The van der Waals surface area contributed by atoms with E-state index < -0.39 is 0 Å². The fourth-order valence-corrected chi connectivity index (χ4v) is 3.72. The molecule has 2 aromatic carbocycles. The molecule has 0 bridgehead atoms. The van der Waals surface area contributed by atoms with Crippen molar-refractivity contribution in [1.29, 1.82) is 0 Å². The third kappa shape index (κ3) is 6.00. The molecule has 33 heavy (non-hydrogen) atoms. The summed E-state index contributed by atoms with van der Waals surface area (Å²) in [5.74, 6) is 1.76. The highest BCUT2D eigenvalue weighted by molar-refractivity contribution is 5.89. The van der Waals surface area contributed by atoms with Gasteiger partial charge < -0.3 is 14.2 Å². The highest BCUT2D eigenvalue weighted by Crippen LogP contribution is 2.23. The molecule has 0 spiro atoms. The third-order valence-corrected chi connectivity index (χ3v) is 5.88. The van der Waals surface area contributed by atoms with Crippen molar-refractivity contribution in [3.05, 3.63) is 82.4 Å². The summed E-state index contributed by atoms with van der Waals surface area (Å²) in [4.78, 5) is 14.3. The fourth-order valence-electron chi connectivity index (χ4n) is 3.72. The zero-order chi connectivity index (χ0) is 23.2. The minimum Gasteiger partial charge on any atom is -0.493 e. The van der Waals surface area contributed by atoms with Gasteiger partial charge in [0.2, 0.25) is 0 Å². The molecule has 1 aromatic heterocycles. The normalized spacial score (nSPS) is 13.7. The number of amides is 2. The molecule has 0 atom stereocenters. The van der Waals surface area contributed by atoms with Crippen molar-refractivity contribution >= 4 is 17.9 Å². The Bertz CT molecular complexity index is 1130. The van der Waals surface area contributed by atoms with Gasteiger partial charge >= 0.3 is 6.03 Å². The van der Waals surface area contributed by atoms with Crippen molar-refractivity contribution < 1.29 is 18.4 Å². The van der Waals surface area contributed by atoms with Gasteiger partial charge in [-0.1, -0.05) is 41.1 Å². The van der Waals surface area contributed by atoms with Crippen molar-refractivity contribution in [2.75, 3.05) is 25.0 Å². The number of anilines is 1. The van der Waals surface area contributed by atoms with Gasteiger partial charge in [-0.3, -0.25) is 5.32 Å². The molecule has 1 N–H and O–H groups in total. The first-order valence-electron chi connectivity index (χ1n) is 11.1. The molecule has 2 amide bonds. The first kappa shape index (κ1) is 22.6. The number of halogens is 1. The number of hydrogen-bond acceptors (Lipinski definition) is 4. The predicted octanol–water partition coefficient (Wildman–Crippen LogP) is 5.76. The van der Waals surface area contributed by atoms with Crippen molar-refractivity contribution in [3.63, 3.8) is 0 Å². The molecule has 4 rings (SSSR count). The molecule has 1 aliphatic rings. The number of urea groups is 1. The third-order valence-electron chi connectivity index (χ3n) is 5.88. The Labute approximate surface area is 193 Å². The van der Waals surface area contributed by atoms with Crippen LogP contribution in [0.1, 0.15) is 35.3 Å². The first-order chi connectivity index (χ1) is 16.0. The number of benzene rings is 2. The zero-order valence-electron chi connectivity index (χ0n) is 18.9. The predicted molar refractivity (Wildman–Crippen MR) is 126 cm³/mol. The number of hydrogen-bond donors (Lipinski definition) is 1. The SMILES string of the molecule is Cc1onc(NC(=O)N2CCC(=Cc3cccc(OCCc4ccc(F)cc4)c3)CC2)c1C. The second-order valence-corrected chi connectivity index (χ2v) is 8.23. The molecule has 1 fully saturated rings. The Morgan fingerprint density at radius 3 is 2.64 bits per heavy atom. The van der Waals surface area contributed by atoms with Gasteiger partial charge in [0.05, 0.1) is 6.61 Å². The van der Waals surface area contributed by atoms with E-state index in [9.17, 15) is 9.18 Å². The van der Waals surface area contributed by atoms with Crippen LogP contribution in [0.25, 0.3) is 6.08 Å². The average Bonchev–Trinajstić information content (AvgIpc) is 3.13. The van der Waals surface area contributed by atoms with Crippen LogP contribution < -0.4 is 10.1 Å². The van der Waals surface area contributed by atoms with E-state index in [0.717, 1.165) is 41.7 Å². The Morgan fingerprint density at radius 2 is 1.94 bits per heavy atom. The number of likely N-dealkylation sites (tertiary alicyclic amines) is 1. The van der Waals surface area contributed by atoms with E-state index in [2.05, 4.69) is 22.6 Å². The van der Waals surface area contributed by atoms with Gasteiger partial charge in [-0.15, -0.1) is 0 Å². The first-order valence-corrected chi connectivity index (χ1v) is 11.1. The molecule has 7 heteroatoms. The maximum Gasteiger partial charge on any atom is 0.323 e. The Kier molecular flexibility index (Phi) is 7.07. The lowest BCUT2D eigenvalue weighted by Gasteiger charge is -2.28. The van der Waals surface area contributed by atoms with Gasteiger partial charge in [0, 0.05) is 25.1 Å². The minimum absolute atomic E-state index is 0.151. The van der Waals surface area contributed by atoms with E-state index in [4.69, 9.17) is 9.26 Å². The van der Waals surface area contributed by atoms with E-state index in [1.807, 2.05) is 32.0 Å². The number of rotatable bonds is 6. The number of carbonyl (C=O) groups is 1. The van der Waals surface area contributed by atoms with Crippen LogP contribution in [0.3, 0.4) is 0 Å². The van der Waals surface area contributed by atoms with Crippen LogP contribution in [0.15, 0.2) is 58.6 Å². The number of aromatic nitrogens is 1. The van der Waals surface area contributed by atoms with Crippen LogP contribution in [0.5, 0.6) is 5.75 Å². The number of carbonyl (C=O) groups excluding carboxylic acids is 1. The van der Waals surface area contributed by atoms with Crippen LogP contribution >= 0.6 is 0 Å². The molecule has 6 nitrogen and oxygen atoms in total. The van der Waals surface area contributed by atoms with Gasteiger partial charge in [-0.05, 0) is 62.1 Å². The van der Waals surface area contributed by atoms with Gasteiger partial charge in [0.25, 0.3) is 0 Å². The molecule has 0 radical (unpaired) electrons. The van der Waals surface area contributed by atoms with Crippen molar-refractivity contribution in [3.8, 4) is 5.75 Å². The van der Waals surface area contributed by atoms with Crippen molar-refractivity contribution in [2.45, 2.75) is 33.1 Å². The van der Waals surface area contributed by atoms with Gasteiger partial charge in [0.1, 0.15) is 17.3 Å². The largest absolute Gasteiger partial charge is 0.493 e. The lowest BCUT2D eigenvalue weighted by atomic mass is 10.0. The van der Waals surface area contributed by atoms with Crippen LogP contribution in [0.4, 0.5) is 15.0 Å². The maximum absolute atomic E-state index is 13.0. The number of aryl methyl sites for hydroxylation is 1. The molecule has 1 aliphatic heterocycles. The average molecular weight is 450 g/mol. The van der Waals surface area contributed by atoms with Gasteiger partial charge in [-0.2, -0.15) is 0 Å². The number of ether oxygens (including phenoxy) is 1. The van der Waals surface area contributed by atoms with E-state index in [-0.39, 0.29) is 11.8 Å². The summed E-state index contributed by atoms with van der Waals surface area (Å²) in [6.45, 7) is 5.53. The molecule has 0 aliphatic carbocycles.